The van der Waals surface area contributed by atoms with Gasteiger partial charge in [-0.2, -0.15) is 0 Å². The van der Waals surface area contributed by atoms with Gasteiger partial charge >= 0.3 is 0 Å². The molecule has 1 heteroatoms. The molecule has 0 aliphatic heterocycles. The van der Waals surface area contributed by atoms with E-state index in [1.165, 1.54) is 96.8 Å². The minimum atomic E-state index is 0.0297. The summed E-state index contributed by atoms with van der Waals surface area (Å²) in [6.45, 7) is 5.03. The van der Waals surface area contributed by atoms with Gasteiger partial charge in [-0.25, -0.2) is 0 Å². The van der Waals surface area contributed by atoms with Gasteiger partial charge in [0.2, 0.25) is 0 Å². The van der Waals surface area contributed by atoms with E-state index in [9.17, 15) is 0 Å². The number of benzene rings is 6. The van der Waals surface area contributed by atoms with E-state index in [1.54, 1.807) is 11.1 Å². The fraction of sp³-hybridized carbons (Fsp3) is 0.250. The van der Waals surface area contributed by atoms with Crippen molar-refractivity contribution >= 4 is 31.5 Å². The van der Waals surface area contributed by atoms with Gasteiger partial charge in [0.25, 0.3) is 0 Å². The highest BCUT2D eigenvalue weighted by atomic mass is 32.1. The van der Waals surface area contributed by atoms with Crippen LogP contribution in [0.4, 0.5) is 0 Å². The predicted molar refractivity (Wildman–Crippen MR) is 210 cm³/mol. The summed E-state index contributed by atoms with van der Waals surface area (Å²) in [6, 6.07) is 51.0. The van der Waals surface area contributed by atoms with E-state index in [1.807, 2.05) is 11.3 Å². The molecule has 0 nitrogen and oxygen atoms in total. The second kappa shape index (κ2) is 11.3. The summed E-state index contributed by atoms with van der Waals surface area (Å²) >= 11 is 1.91. The van der Waals surface area contributed by atoms with E-state index in [-0.39, 0.29) is 5.41 Å². The van der Waals surface area contributed by atoms with Crippen molar-refractivity contribution < 1.29 is 0 Å². The molecule has 2 fully saturated rings. The van der Waals surface area contributed by atoms with Gasteiger partial charge in [0.1, 0.15) is 0 Å². The van der Waals surface area contributed by atoms with Crippen molar-refractivity contribution in [2.75, 3.05) is 0 Å². The van der Waals surface area contributed by atoms with Gasteiger partial charge in [0.15, 0.2) is 0 Å². The molecule has 0 N–H and O–H groups in total. The summed E-state index contributed by atoms with van der Waals surface area (Å²) in [6.07, 6.45) is 6.76. The van der Waals surface area contributed by atoms with Gasteiger partial charge in [0, 0.05) is 25.6 Å². The molecule has 10 rings (SSSR count). The first-order chi connectivity index (χ1) is 24.1. The molecule has 6 aromatic carbocycles. The van der Waals surface area contributed by atoms with E-state index >= 15 is 0 Å². The number of hydrogen-bond acceptors (Lipinski definition) is 1. The number of thiophene rings is 1. The molecule has 2 saturated carbocycles. The Morgan fingerprint density at radius 1 is 0.551 bits per heavy atom. The number of fused-ring (bicyclic) bond motifs is 11. The maximum Gasteiger partial charge on any atom is 0.0355 e. The quantitative estimate of drug-likeness (QED) is 0.178. The molecule has 240 valence electrons. The van der Waals surface area contributed by atoms with Gasteiger partial charge in [-0.3, -0.25) is 0 Å². The fourth-order valence-corrected chi connectivity index (χ4v) is 12.0. The minimum absolute atomic E-state index is 0.0297. The molecule has 7 aromatic rings. The second-order valence-corrected chi connectivity index (χ2v) is 16.3. The molecular formula is C48H42S. The smallest absolute Gasteiger partial charge is 0.0355 e. The van der Waals surface area contributed by atoms with Crippen molar-refractivity contribution in [3.05, 3.63) is 145 Å². The van der Waals surface area contributed by atoms with Crippen molar-refractivity contribution in [3.8, 4) is 44.5 Å². The SMILES string of the molecule is CCC1CC2CC(C)C3(c4cc(-c5ccccc5-c5ccccc5)ccc4-c4c(-c5ccc6sc7ccccc7c6c5)cccc43)C(C1)C2. The molecule has 0 radical (unpaired) electrons. The molecule has 0 saturated heterocycles. The Morgan fingerprint density at radius 2 is 1.27 bits per heavy atom. The molecule has 2 bridgehead atoms. The lowest BCUT2D eigenvalue weighted by molar-refractivity contribution is 0.0368. The van der Waals surface area contributed by atoms with E-state index in [0.717, 1.165) is 11.8 Å². The molecule has 0 amide bonds. The standard InChI is InChI=1S/C48H42S/c1-3-31-25-32-24-30(2)48(36(26-31)27-32)43-18-11-17-39(34-21-23-46-42(28-34)40-16-9-10-19-45(40)49-46)47(43)41-22-20-35(29-44(41)48)38-15-8-7-14-37(38)33-12-5-4-6-13-33/h4-23,28-32,36H,3,24-27H2,1-2H3. The van der Waals surface area contributed by atoms with Gasteiger partial charge in [-0.05, 0) is 129 Å². The Kier molecular flexibility index (Phi) is 6.79. The zero-order valence-electron chi connectivity index (χ0n) is 28.5. The number of rotatable bonds is 4. The first kappa shape index (κ1) is 29.5. The van der Waals surface area contributed by atoms with E-state index in [4.69, 9.17) is 0 Å². The minimum Gasteiger partial charge on any atom is -0.135 e. The third-order valence-electron chi connectivity index (χ3n) is 12.8. The molecule has 3 aliphatic rings. The Morgan fingerprint density at radius 3 is 2.12 bits per heavy atom. The molecule has 1 aromatic heterocycles. The van der Waals surface area contributed by atoms with Crippen molar-refractivity contribution in [2.24, 2.45) is 23.7 Å². The van der Waals surface area contributed by atoms with Gasteiger partial charge < -0.3 is 0 Å². The monoisotopic (exact) mass is 650 g/mol. The van der Waals surface area contributed by atoms with E-state index in [2.05, 4.69) is 147 Å². The van der Waals surface area contributed by atoms with Crippen LogP contribution in [0.15, 0.2) is 133 Å². The van der Waals surface area contributed by atoms with Gasteiger partial charge in [0.05, 0.1) is 0 Å². The van der Waals surface area contributed by atoms with Crippen LogP contribution in [0.1, 0.15) is 57.1 Å². The lowest BCUT2D eigenvalue weighted by atomic mass is 9.49. The summed E-state index contributed by atoms with van der Waals surface area (Å²) < 4.78 is 2.74. The molecule has 3 aliphatic carbocycles. The van der Waals surface area contributed by atoms with Crippen LogP contribution in [0.25, 0.3) is 64.7 Å². The molecule has 1 spiro atoms. The van der Waals surface area contributed by atoms with Crippen LogP contribution >= 0.6 is 11.3 Å². The maximum atomic E-state index is 2.64. The van der Waals surface area contributed by atoms with E-state index < -0.39 is 0 Å². The average molecular weight is 651 g/mol. The van der Waals surface area contributed by atoms with Crippen LogP contribution in [-0.2, 0) is 5.41 Å². The molecule has 5 atom stereocenters. The predicted octanol–water partition coefficient (Wildman–Crippen LogP) is 13.8. The zero-order chi connectivity index (χ0) is 32.7. The lowest BCUT2D eigenvalue weighted by Gasteiger charge is -2.55. The highest BCUT2D eigenvalue weighted by Gasteiger charge is 2.57. The van der Waals surface area contributed by atoms with Crippen LogP contribution in [-0.4, -0.2) is 0 Å². The van der Waals surface area contributed by atoms with Crippen LogP contribution in [0.2, 0.25) is 0 Å². The van der Waals surface area contributed by atoms with Crippen LogP contribution in [0.5, 0.6) is 0 Å². The highest BCUT2D eigenvalue weighted by molar-refractivity contribution is 7.25. The summed E-state index contributed by atoms with van der Waals surface area (Å²) in [5.74, 6) is 2.95. The van der Waals surface area contributed by atoms with Gasteiger partial charge in [-0.1, -0.05) is 129 Å². The molecular weight excluding hydrogens is 609 g/mol. The first-order valence-electron chi connectivity index (χ1n) is 18.5. The Hall–Kier alpha value is -4.46. The summed E-state index contributed by atoms with van der Waals surface area (Å²) in [4.78, 5) is 0. The molecule has 1 heterocycles. The Labute approximate surface area is 294 Å². The second-order valence-electron chi connectivity index (χ2n) is 15.3. The summed E-state index contributed by atoms with van der Waals surface area (Å²) in [5, 5.41) is 2.75. The lowest BCUT2D eigenvalue weighted by Crippen LogP contribution is -2.49. The highest BCUT2D eigenvalue weighted by Crippen LogP contribution is 2.66. The van der Waals surface area contributed by atoms with Gasteiger partial charge in [-0.15, -0.1) is 11.3 Å². The fourth-order valence-electron chi connectivity index (χ4n) is 10.9. The van der Waals surface area contributed by atoms with Crippen molar-refractivity contribution in [3.63, 3.8) is 0 Å². The van der Waals surface area contributed by atoms with Crippen molar-refractivity contribution in [1.82, 2.24) is 0 Å². The Bertz CT molecular complexity index is 2370. The summed E-state index contributed by atoms with van der Waals surface area (Å²) in [5.41, 5.74) is 14.2. The van der Waals surface area contributed by atoms with Crippen LogP contribution < -0.4 is 0 Å². The van der Waals surface area contributed by atoms with Crippen LogP contribution in [0.3, 0.4) is 0 Å². The third kappa shape index (κ3) is 4.34. The molecule has 5 unspecified atom stereocenters. The zero-order valence-corrected chi connectivity index (χ0v) is 29.3. The summed E-state index contributed by atoms with van der Waals surface area (Å²) in [7, 11) is 0. The van der Waals surface area contributed by atoms with Crippen molar-refractivity contribution in [1.29, 1.82) is 0 Å². The third-order valence-corrected chi connectivity index (χ3v) is 14.0. The largest absolute Gasteiger partial charge is 0.135 e. The average Bonchev–Trinajstić information content (AvgIpc) is 3.67. The molecule has 49 heavy (non-hydrogen) atoms. The first-order valence-corrected chi connectivity index (χ1v) is 19.3. The Balaban J connectivity index is 1.22. The topological polar surface area (TPSA) is 0 Å². The normalized spacial score (nSPS) is 24.0. The van der Waals surface area contributed by atoms with Crippen molar-refractivity contribution in [2.45, 2.75) is 51.4 Å². The van der Waals surface area contributed by atoms with Crippen LogP contribution in [0, 0.1) is 23.7 Å². The maximum absolute atomic E-state index is 2.64. The van der Waals surface area contributed by atoms with E-state index in [0.29, 0.717) is 11.8 Å². The number of hydrogen-bond donors (Lipinski definition) is 0.